The van der Waals surface area contributed by atoms with Crippen molar-refractivity contribution in [2.24, 2.45) is 0 Å². The Labute approximate surface area is 129 Å². The maximum absolute atomic E-state index is 11.4. The third-order valence-electron chi connectivity index (χ3n) is 3.10. The molecule has 1 atom stereocenters. The highest BCUT2D eigenvalue weighted by atomic mass is 35.5. The summed E-state index contributed by atoms with van der Waals surface area (Å²) >= 11 is 12.1. The number of benzene rings is 1. The number of hydrogen-bond acceptors (Lipinski definition) is 4. The van der Waals surface area contributed by atoms with Gasteiger partial charge in [0.15, 0.2) is 5.65 Å². The van der Waals surface area contributed by atoms with E-state index < -0.39 is 0 Å². The first kappa shape index (κ1) is 13.9. The second-order valence-corrected chi connectivity index (χ2v) is 5.41. The normalized spacial score (nSPS) is 12.5. The molecule has 0 saturated heterocycles. The standard InChI is InChI=1S/C13H11Cl2N5O/c1-7(9-3-2-8(14)4-10(9)15)17-11-5-12-18-19-13(21)20(12)6-16-11/h2-7,17H,1H3,(H,19,21). The Balaban J connectivity index is 1.88. The van der Waals surface area contributed by atoms with Gasteiger partial charge >= 0.3 is 5.69 Å². The lowest BCUT2D eigenvalue weighted by molar-refractivity contribution is 0.870. The minimum atomic E-state index is -0.321. The molecule has 3 rings (SSSR count). The molecule has 6 nitrogen and oxygen atoms in total. The SMILES string of the molecule is CC(Nc1cc2n[nH]c(=O)n2cn1)c1ccc(Cl)cc1Cl. The highest BCUT2D eigenvalue weighted by molar-refractivity contribution is 6.35. The largest absolute Gasteiger partial charge is 0.363 e. The van der Waals surface area contributed by atoms with Crippen LogP contribution in [0.1, 0.15) is 18.5 Å². The fourth-order valence-electron chi connectivity index (χ4n) is 2.04. The van der Waals surface area contributed by atoms with Crippen LogP contribution < -0.4 is 11.0 Å². The zero-order valence-corrected chi connectivity index (χ0v) is 12.5. The van der Waals surface area contributed by atoms with E-state index in [1.54, 1.807) is 18.2 Å². The van der Waals surface area contributed by atoms with Gasteiger partial charge in [-0.05, 0) is 24.6 Å². The summed E-state index contributed by atoms with van der Waals surface area (Å²) in [6.07, 6.45) is 1.42. The first-order chi connectivity index (χ1) is 10.0. The van der Waals surface area contributed by atoms with E-state index in [9.17, 15) is 4.79 Å². The molecule has 0 radical (unpaired) electrons. The van der Waals surface area contributed by atoms with Gasteiger partial charge in [-0.25, -0.2) is 19.3 Å². The van der Waals surface area contributed by atoms with Gasteiger partial charge in [0.1, 0.15) is 12.1 Å². The van der Waals surface area contributed by atoms with Crippen molar-refractivity contribution in [3.63, 3.8) is 0 Å². The zero-order chi connectivity index (χ0) is 15.0. The molecular formula is C13H11Cl2N5O. The van der Waals surface area contributed by atoms with Gasteiger partial charge in [-0.1, -0.05) is 29.3 Å². The molecule has 2 aromatic heterocycles. The summed E-state index contributed by atoms with van der Waals surface area (Å²) < 4.78 is 1.32. The van der Waals surface area contributed by atoms with Crippen LogP contribution in [0.5, 0.6) is 0 Å². The predicted molar refractivity (Wildman–Crippen MR) is 82.1 cm³/mol. The maximum atomic E-state index is 11.4. The topological polar surface area (TPSA) is 75.1 Å². The van der Waals surface area contributed by atoms with E-state index in [1.807, 2.05) is 13.0 Å². The summed E-state index contributed by atoms with van der Waals surface area (Å²) in [6, 6.07) is 6.94. The zero-order valence-electron chi connectivity index (χ0n) is 11.0. The summed E-state index contributed by atoms with van der Waals surface area (Å²) in [4.78, 5) is 15.5. The predicted octanol–water partition coefficient (Wildman–Crippen LogP) is 2.90. The van der Waals surface area contributed by atoms with E-state index in [0.29, 0.717) is 21.5 Å². The molecule has 0 aliphatic rings. The summed E-state index contributed by atoms with van der Waals surface area (Å²) in [6.45, 7) is 1.96. The van der Waals surface area contributed by atoms with Crippen LogP contribution in [-0.2, 0) is 0 Å². The van der Waals surface area contributed by atoms with Crippen molar-refractivity contribution in [3.05, 3.63) is 56.7 Å². The Morgan fingerprint density at radius 3 is 2.90 bits per heavy atom. The second-order valence-electron chi connectivity index (χ2n) is 4.56. The quantitative estimate of drug-likeness (QED) is 0.777. The van der Waals surface area contributed by atoms with Crippen molar-refractivity contribution < 1.29 is 0 Å². The van der Waals surface area contributed by atoms with Crippen LogP contribution in [0.2, 0.25) is 10.0 Å². The lowest BCUT2D eigenvalue weighted by Gasteiger charge is -2.16. The molecule has 8 heteroatoms. The molecule has 2 heterocycles. The number of halogens is 2. The lowest BCUT2D eigenvalue weighted by Crippen LogP contribution is -2.12. The van der Waals surface area contributed by atoms with Crippen LogP contribution in [0.25, 0.3) is 5.65 Å². The van der Waals surface area contributed by atoms with Crippen molar-refractivity contribution in [2.45, 2.75) is 13.0 Å². The van der Waals surface area contributed by atoms with Gasteiger partial charge in [-0.3, -0.25) is 0 Å². The number of aromatic nitrogens is 4. The van der Waals surface area contributed by atoms with Crippen molar-refractivity contribution in [3.8, 4) is 0 Å². The van der Waals surface area contributed by atoms with Gasteiger partial charge in [-0.15, -0.1) is 0 Å². The highest BCUT2D eigenvalue weighted by Crippen LogP contribution is 2.28. The van der Waals surface area contributed by atoms with Crippen molar-refractivity contribution >= 4 is 34.7 Å². The number of rotatable bonds is 3. The van der Waals surface area contributed by atoms with E-state index in [4.69, 9.17) is 23.2 Å². The minimum Gasteiger partial charge on any atom is -0.363 e. The van der Waals surface area contributed by atoms with E-state index in [2.05, 4.69) is 20.5 Å². The number of nitrogens with zero attached hydrogens (tertiary/aromatic N) is 3. The summed E-state index contributed by atoms with van der Waals surface area (Å²) in [5.41, 5.74) is 1.08. The molecule has 0 fully saturated rings. The molecule has 0 spiro atoms. The molecule has 0 aliphatic carbocycles. The Morgan fingerprint density at radius 1 is 1.33 bits per heavy atom. The molecule has 0 amide bonds. The fraction of sp³-hybridized carbons (Fsp3) is 0.154. The van der Waals surface area contributed by atoms with Crippen molar-refractivity contribution in [2.75, 3.05) is 5.32 Å². The summed E-state index contributed by atoms with van der Waals surface area (Å²) in [5.74, 6) is 0.597. The van der Waals surface area contributed by atoms with Gasteiger partial charge in [0, 0.05) is 16.1 Å². The van der Waals surface area contributed by atoms with Gasteiger partial charge in [0.25, 0.3) is 0 Å². The average molecular weight is 324 g/mol. The first-order valence-electron chi connectivity index (χ1n) is 6.19. The number of anilines is 1. The Hall–Kier alpha value is -2.05. The van der Waals surface area contributed by atoms with Crippen LogP contribution in [0, 0.1) is 0 Å². The van der Waals surface area contributed by atoms with Crippen LogP contribution in [0.15, 0.2) is 35.4 Å². The minimum absolute atomic E-state index is 0.0737. The third kappa shape index (κ3) is 2.72. The summed E-state index contributed by atoms with van der Waals surface area (Å²) in [5, 5.41) is 10.6. The highest BCUT2D eigenvalue weighted by Gasteiger charge is 2.11. The Bertz CT molecular complexity index is 857. The fourth-order valence-corrected chi connectivity index (χ4v) is 2.61. The van der Waals surface area contributed by atoms with Crippen LogP contribution in [0.3, 0.4) is 0 Å². The lowest BCUT2D eigenvalue weighted by atomic mass is 10.1. The molecule has 1 aromatic carbocycles. The molecule has 0 bridgehead atoms. The maximum Gasteiger partial charge on any atom is 0.348 e. The van der Waals surface area contributed by atoms with Crippen LogP contribution in [-0.4, -0.2) is 19.6 Å². The third-order valence-corrected chi connectivity index (χ3v) is 3.67. The number of hydrogen-bond donors (Lipinski definition) is 2. The smallest absolute Gasteiger partial charge is 0.348 e. The first-order valence-corrected chi connectivity index (χ1v) is 6.94. The molecular weight excluding hydrogens is 313 g/mol. The molecule has 1 unspecified atom stereocenters. The molecule has 108 valence electrons. The molecule has 2 N–H and O–H groups in total. The molecule has 0 saturated carbocycles. The van der Waals surface area contributed by atoms with E-state index in [-0.39, 0.29) is 11.7 Å². The number of nitrogens with one attached hydrogen (secondary N) is 2. The Morgan fingerprint density at radius 2 is 2.14 bits per heavy atom. The van der Waals surface area contributed by atoms with Gasteiger partial charge in [0.2, 0.25) is 0 Å². The van der Waals surface area contributed by atoms with Gasteiger partial charge in [-0.2, -0.15) is 5.10 Å². The molecule has 3 aromatic rings. The average Bonchev–Trinajstić information content (AvgIpc) is 2.80. The second kappa shape index (κ2) is 5.38. The van der Waals surface area contributed by atoms with Gasteiger partial charge < -0.3 is 5.32 Å². The number of fused-ring (bicyclic) bond motifs is 1. The van der Waals surface area contributed by atoms with E-state index in [1.165, 1.54) is 10.7 Å². The van der Waals surface area contributed by atoms with Crippen molar-refractivity contribution in [1.82, 2.24) is 19.6 Å². The Kier molecular flexibility index (Phi) is 3.57. The van der Waals surface area contributed by atoms with Crippen LogP contribution in [0.4, 0.5) is 5.82 Å². The van der Waals surface area contributed by atoms with Gasteiger partial charge in [0.05, 0.1) is 6.04 Å². The van der Waals surface area contributed by atoms with E-state index >= 15 is 0 Å². The molecule has 21 heavy (non-hydrogen) atoms. The molecule has 0 aliphatic heterocycles. The monoisotopic (exact) mass is 323 g/mol. The number of aromatic amines is 1. The summed E-state index contributed by atoms with van der Waals surface area (Å²) in [7, 11) is 0. The van der Waals surface area contributed by atoms with E-state index in [0.717, 1.165) is 5.56 Å². The van der Waals surface area contributed by atoms with Crippen molar-refractivity contribution in [1.29, 1.82) is 0 Å². The number of H-pyrrole nitrogens is 1. The van der Waals surface area contributed by atoms with Crippen LogP contribution >= 0.6 is 23.2 Å².